The zero-order valence-electron chi connectivity index (χ0n) is 12.4. The molecule has 1 amide bonds. The minimum absolute atomic E-state index is 0.0476. The Morgan fingerprint density at radius 1 is 1.57 bits per heavy atom. The molecule has 1 saturated carbocycles. The first-order chi connectivity index (χ1) is 10.1. The molecule has 2 atom stereocenters. The van der Waals surface area contributed by atoms with Gasteiger partial charge in [-0.2, -0.15) is 11.8 Å². The molecular formula is C16H22BrNOS2. The van der Waals surface area contributed by atoms with Gasteiger partial charge in [-0.1, -0.05) is 35.7 Å². The van der Waals surface area contributed by atoms with Crippen LogP contribution in [-0.2, 0) is 12.2 Å². The van der Waals surface area contributed by atoms with Gasteiger partial charge < -0.3 is 5.32 Å². The van der Waals surface area contributed by atoms with Crippen LogP contribution in [0.4, 0.5) is 0 Å². The van der Waals surface area contributed by atoms with Gasteiger partial charge in [-0.15, -0.1) is 11.3 Å². The quantitative estimate of drug-likeness (QED) is 0.766. The number of carbonyl (C=O) groups excluding carboxylic acids is 1. The zero-order chi connectivity index (χ0) is 14.9. The minimum Gasteiger partial charge on any atom is -0.345 e. The van der Waals surface area contributed by atoms with Crippen molar-refractivity contribution in [1.29, 1.82) is 0 Å². The van der Waals surface area contributed by atoms with E-state index < -0.39 is 0 Å². The number of fused-ring (bicyclic) bond motifs is 1. The predicted octanol–water partition coefficient (Wildman–Crippen LogP) is 4.61. The second kappa shape index (κ2) is 6.63. The monoisotopic (exact) mass is 387 g/mol. The molecule has 1 N–H and O–H groups in total. The van der Waals surface area contributed by atoms with Crippen molar-refractivity contribution in [1.82, 2.24) is 5.32 Å². The predicted molar refractivity (Wildman–Crippen MR) is 95.8 cm³/mol. The van der Waals surface area contributed by atoms with Crippen LogP contribution in [0, 0.1) is 5.92 Å². The maximum Gasteiger partial charge on any atom is 0.261 e. The molecule has 1 fully saturated rings. The number of hydrogen-bond acceptors (Lipinski definition) is 3. The third-order valence-electron chi connectivity index (χ3n) is 4.58. The minimum atomic E-state index is -0.0476. The van der Waals surface area contributed by atoms with Gasteiger partial charge in [0, 0.05) is 16.0 Å². The largest absolute Gasteiger partial charge is 0.345 e. The van der Waals surface area contributed by atoms with Crippen molar-refractivity contribution < 1.29 is 4.79 Å². The van der Waals surface area contributed by atoms with Crippen LogP contribution in [-0.4, -0.2) is 22.5 Å². The summed E-state index contributed by atoms with van der Waals surface area (Å²) in [5, 5.41) is 4.21. The maximum atomic E-state index is 12.7. The molecule has 0 saturated heterocycles. The van der Waals surface area contributed by atoms with E-state index in [-0.39, 0.29) is 11.4 Å². The third kappa shape index (κ3) is 3.50. The van der Waals surface area contributed by atoms with Crippen LogP contribution in [0.3, 0.4) is 0 Å². The average Bonchev–Trinajstić information content (AvgIpc) is 2.91. The van der Waals surface area contributed by atoms with E-state index in [2.05, 4.69) is 34.2 Å². The first kappa shape index (κ1) is 15.9. The normalized spacial score (nSPS) is 29.0. The average molecular weight is 388 g/mol. The number of nitrogens with one attached hydrogen (secondary N) is 1. The lowest BCUT2D eigenvalue weighted by Crippen LogP contribution is -2.52. The van der Waals surface area contributed by atoms with Crippen molar-refractivity contribution in [2.24, 2.45) is 5.92 Å². The molecule has 2 aliphatic rings. The molecule has 2 unspecified atom stereocenters. The number of thioether (sulfide) groups is 1. The van der Waals surface area contributed by atoms with Crippen molar-refractivity contribution in [2.75, 3.05) is 11.1 Å². The summed E-state index contributed by atoms with van der Waals surface area (Å²) in [6.45, 7) is 2.30. The fourth-order valence-electron chi connectivity index (χ4n) is 3.49. The second-order valence-electron chi connectivity index (χ2n) is 6.43. The van der Waals surface area contributed by atoms with E-state index in [1.807, 2.05) is 11.8 Å². The molecule has 1 aromatic rings. The Balaban J connectivity index is 1.74. The lowest BCUT2D eigenvalue weighted by molar-refractivity contribution is 0.0873. The van der Waals surface area contributed by atoms with E-state index >= 15 is 0 Å². The number of halogens is 1. The smallest absolute Gasteiger partial charge is 0.261 e. The van der Waals surface area contributed by atoms with Crippen molar-refractivity contribution in [2.45, 2.75) is 50.3 Å². The molecule has 1 aliphatic carbocycles. The van der Waals surface area contributed by atoms with Gasteiger partial charge in [0.1, 0.15) is 0 Å². The summed E-state index contributed by atoms with van der Waals surface area (Å²) in [5.74, 6) is 3.09. The Hall–Kier alpha value is -0.000000000000000111. The summed E-state index contributed by atoms with van der Waals surface area (Å²) in [6, 6.07) is 2.12. The number of alkyl halides is 1. The first-order valence-electron chi connectivity index (χ1n) is 7.70. The number of amides is 1. The molecule has 2 nitrogen and oxygen atoms in total. The first-order valence-corrected chi connectivity index (χ1v) is 10.8. The number of aryl methyl sites for hydroxylation is 1. The third-order valence-corrected chi connectivity index (χ3v) is 7.89. The summed E-state index contributed by atoms with van der Waals surface area (Å²) in [7, 11) is 0. The molecule has 3 rings (SSSR count). The van der Waals surface area contributed by atoms with Crippen LogP contribution in [0.25, 0.3) is 0 Å². The van der Waals surface area contributed by atoms with Gasteiger partial charge in [0.25, 0.3) is 5.91 Å². The number of hydrogen-bond donors (Lipinski definition) is 1. The van der Waals surface area contributed by atoms with Gasteiger partial charge >= 0.3 is 0 Å². The van der Waals surface area contributed by atoms with E-state index in [0.29, 0.717) is 5.92 Å². The fraction of sp³-hybridized carbons (Fsp3) is 0.688. The van der Waals surface area contributed by atoms with Crippen molar-refractivity contribution in [3.05, 3.63) is 21.4 Å². The summed E-state index contributed by atoms with van der Waals surface area (Å²) < 4.78 is 0. The number of rotatable bonds is 3. The van der Waals surface area contributed by atoms with Crippen LogP contribution in [0.2, 0.25) is 0 Å². The standard InChI is InChI=1S/C16H22BrNOS2/c1-11-3-2-5-16(8-11,10-17)18-15(19)14-7-12-9-20-6-4-13(12)21-14/h7,11H,2-6,8-10H2,1H3,(H,18,19). The van der Waals surface area contributed by atoms with Crippen molar-refractivity contribution >= 4 is 44.9 Å². The Bertz CT molecular complexity index is 507. The molecular weight excluding hydrogens is 366 g/mol. The fourth-order valence-corrected chi connectivity index (χ4v) is 6.41. The highest BCUT2D eigenvalue weighted by Crippen LogP contribution is 2.35. The van der Waals surface area contributed by atoms with E-state index in [9.17, 15) is 4.79 Å². The lowest BCUT2D eigenvalue weighted by atomic mass is 9.77. The maximum absolute atomic E-state index is 12.7. The highest BCUT2D eigenvalue weighted by molar-refractivity contribution is 9.09. The molecule has 0 radical (unpaired) electrons. The van der Waals surface area contributed by atoms with Crippen LogP contribution < -0.4 is 5.32 Å². The highest BCUT2D eigenvalue weighted by Gasteiger charge is 2.36. The molecule has 21 heavy (non-hydrogen) atoms. The Morgan fingerprint density at radius 2 is 2.43 bits per heavy atom. The molecule has 0 bridgehead atoms. The zero-order valence-corrected chi connectivity index (χ0v) is 15.6. The van der Waals surface area contributed by atoms with Gasteiger partial charge in [0.2, 0.25) is 0 Å². The Labute approximate surface area is 143 Å². The topological polar surface area (TPSA) is 29.1 Å². The van der Waals surface area contributed by atoms with E-state index in [1.54, 1.807) is 11.3 Å². The van der Waals surface area contributed by atoms with Crippen molar-refractivity contribution in [3.63, 3.8) is 0 Å². The van der Waals surface area contributed by atoms with Crippen LogP contribution in [0.1, 0.15) is 52.7 Å². The van der Waals surface area contributed by atoms with E-state index in [4.69, 9.17) is 0 Å². The molecule has 1 aromatic heterocycles. The molecule has 5 heteroatoms. The van der Waals surface area contributed by atoms with Gasteiger partial charge in [-0.25, -0.2) is 0 Å². The summed E-state index contributed by atoms with van der Waals surface area (Å²) in [6.07, 6.45) is 5.80. The van der Waals surface area contributed by atoms with Gasteiger partial charge in [-0.05, 0) is 42.6 Å². The van der Waals surface area contributed by atoms with Gasteiger partial charge in [0.15, 0.2) is 0 Å². The van der Waals surface area contributed by atoms with Crippen LogP contribution in [0.15, 0.2) is 6.07 Å². The SMILES string of the molecule is CC1CCCC(CBr)(NC(=O)c2cc3c(s2)CCSC3)C1. The summed E-state index contributed by atoms with van der Waals surface area (Å²) in [4.78, 5) is 15.0. The Kier molecular flexibility index (Phi) is 5.01. The van der Waals surface area contributed by atoms with Gasteiger partial charge in [0.05, 0.1) is 10.4 Å². The van der Waals surface area contributed by atoms with Crippen LogP contribution >= 0.6 is 39.0 Å². The van der Waals surface area contributed by atoms with Gasteiger partial charge in [-0.3, -0.25) is 4.79 Å². The Morgan fingerprint density at radius 3 is 3.14 bits per heavy atom. The van der Waals surface area contributed by atoms with E-state index in [0.717, 1.165) is 35.2 Å². The summed E-state index contributed by atoms with van der Waals surface area (Å²) in [5.41, 5.74) is 1.33. The second-order valence-corrected chi connectivity index (χ2v) is 9.23. The van der Waals surface area contributed by atoms with E-state index in [1.165, 1.54) is 29.0 Å². The van der Waals surface area contributed by atoms with Crippen molar-refractivity contribution in [3.8, 4) is 0 Å². The molecule has 116 valence electrons. The molecule has 0 spiro atoms. The summed E-state index contributed by atoms with van der Waals surface area (Å²) >= 11 is 7.31. The molecule has 0 aromatic carbocycles. The van der Waals surface area contributed by atoms with Crippen LogP contribution in [0.5, 0.6) is 0 Å². The highest BCUT2D eigenvalue weighted by atomic mass is 79.9. The molecule has 2 heterocycles. The number of thiophene rings is 1. The lowest BCUT2D eigenvalue weighted by Gasteiger charge is -2.39. The molecule has 1 aliphatic heterocycles. The number of carbonyl (C=O) groups is 1.